The van der Waals surface area contributed by atoms with Gasteiger partial charge in [-0.05, 0) is 39.2 Å². The Kier molecular flexibility index (Phi) is 6.69. The van der Waals surface area contributed by atoms with Gasteiger partial charge in [-0.3, -0.25) is 9.48 Å². The molecule has 0 saturated carbocycles. The average molecular weight is 389 g/mol. The highest BCUT2D eigenvalue weighted by Crippen LogP contribution is 2.31. The zero-order chi connectivity index (χ0) is 21.1. The summed E-state index contributed by atoms with van der Waals surface area (Å²) in [6.45, 7) is 14.4. The topological polar surface area (TPSA) is 90.5 Å². The van der Waals surface area contributed by atoms with Crippen molar-refractivity contribution in [2.24, 2.45) is 5.73 Å². The smallest absolute Gasteiger partial charge is 0.410 e. The molecule has 0 saturated heterocycles. The maximum Gasteiger partial charge on any atom is 0.410 e. The third-order valence-corrected chi connectivity index (χ3v) is 4.58. The van der Waals surface area contributed by atoms with Crippen LogP contribution < -0.4 is 5.73 Å². The number of amides is 2. The number of unbranched alkanes of at least 4 members (excludes halogenated alkanes) is 1. The Morgan fingerprint density at radius 2 is 2.04 bits per heavy atom. The normalized spacial score (nSPS) is 16.9. The summed E-state index contributed by atoms with van der Waals surface area (Å²) in [5.74, 6) is -0.567. The van der Waals surface area contributed by atoms with E-state index in [1.165, 1.54) is 0 Å². The van der Waals surface area contributed by atoms with Gasteiger partial charge in [0.2, 0.25) is 0 Å². The van der Waals surface area contributed by atoms with Gasteiger partial charge >= 0.3 is 6.09 Å². The molecule has 1 aliphatic heterocycles. The SMILES string of the molecule is C=C(C=CCCC)c1nn2c(c1C(N)=O)CN(C(=O)OC(C)(C)C)CC2CC. The Hall–Kier alpha value is -2.57. The van der Waals surface area contributed by atoms with E-state index in [-0.39, 0.29) is 12.6 Å². The van der Waals surface area contributed by atoms with E-state index in [4.69, 9.17) is 10.5 Å². The second-order valence-corrected chi connectivity index (χ2v) is 8.12. The molecule has 1 aromatic heterocycles. The minimum atomic E-state index is -0.591. The Bertz CT molecular complexity index is 786. The second kappa shape index (κ2) is 8.63. The molecule has 2 N–H and O–H groups in total. The lowest BCUT2D eigenvalue weighted by atomic mass is 10.0. The standard InChI is InChI=1S/C21H32N4O3/c1-7-9-10-11-14(3)18-17(19(22)26)16-13-24(20(27)28-21(4,5)6)12-15(8-2)25(16)23-18/h10-11,15H,3,7-9,12-13H2,1-2,4-6H3,(H2,22,26). The van der Waals surface area contributed by atoms with E-state index in [1.54, 1.807) is 4.90 Å². The molecule has 28 heavy (non-hydrogen) atoms. The molecule has 2 rings (SSSR count). The van der Waals surface area contributed by atoms with Crippen LogP contribution in [0.1, 0.15) is 81.7 Å². The Morgan fingerprint density at radius 3 is 2.57 bits per heavy atom. The number of primary amides is 1. The molecule has 1 unspecified atom stereocenters. The van der Waals surface area contributed by atoms with Crippen LogP contribution in [0.4, 0.5) is 4.79 Å². The highest BCUT2D eigenvalue weighted by atomic mass is 16.6. The molecule has 1 aliphatic rings. The summed E-state index contributed by atoms with van der Waals surface area (Å²) in [6.07, 6.45) is 6.17. The van der Waals surface area contributed by atoms with Crippen LogP contribution in [0.3, 0.4) is 0 Å². The largest absolute Gasteiger partial charge is 0.444 e. The van der Waals surface area contributed by atoms with Crippen LogP contribution in [0, 0.1) is 0 Å². The quantitative estimate of drug-likeness (QED) is 0.744. The predicted molar refractivity (Wildman–Crippen MR) is 110 cm³/mol. The first-order chi connectivity index (χ1) is 13.1. The molecule has 0 fully saturated rings. The number of carbonyl (C=O) groups excluding carboxylic acids is 2. The van der Waals surface area contributed by atoms with Crippen molar-refractivity contribution in [1.82, 2.24) is 14.7 Å². The molecule has 0 aromatic carbocycles. The lowest BCUT2D eigenvalue weighted by Gasteiger charge is -2.34. The van der Waals surface area contributed by atoms with E-state index < -0.39 is 17.6 Å². The van der Waals surface area contributed by atoms with Gasteiger partial charge in [-0.15, -0.1) is 0 Å². The molecule has 0 spiro atoms. The first-order valence-electron chi connectivity index (χ1n) is 9.83. The number of hydrogen-bond acceptors (Lipinski definition) is 4. The second-order valence-electron chi connectivity index (χ2n) is 8.12. The van der Waals surface area contributed by atoms with Crippen LogP contribution in [0.15, 0.2) is 18.7 Å². The van der Waals surface area contributed by atoms with E-state index in [1.807, 2.05) is 44.5 Å². The van der Waals surface area contributed by atoms with Gasteiger partial charge in [-0.1, -0.05) is 39.0 Å². The number of nitrogens with zero attached hydrogens (tertiary/aromatic N) is 3. The fourth-order valence-corrected chi connectivity index (χ4v) is 3.22. The molecule has 0 aliphatic carbocycles. The number of fused-ring (bicyclic) bond motifs is 1. The minimum absolute atomic E-state index is 0.0597. The summed E-state index contributed by atoms with van der Waals surface area (Å²) in [5.41, 5.74) is 7.20. The molecular formula is C21H32N4O3. The molecule has 154 valence electrons. The van der Waals surface area contributed by atoms with Crippen molar-refractivity contribution in [2.45, 2.75) is 72.1 Å². The number of ether oxygens (including phenoxy) is 1. The average Bonchev–Trinajstić information content (AvgIpc) is 2.99. The molecular weight excluding hydrogens is 356 g/mol. The van der Waals surface area contributed by atoms with Crippen LogP contribution in [0.5, 0.6) is 0 Å². The Morgan fingerprint density at radius 1 is 1.36 bits per heavy atom. The molecule has 7 nitrogen and oxygen atoms in total. The summed E-state index contributed by atoms with van der Waals surface area (Å²) < 4.78 is 7.35. The van der Waals surface area contributed by atoms with Gasteiger partial charge in [0.05, 0.1) is 23.8 Å². The highest BCUT2D eigenvalue weighted by molar-refractivity contribution is 5.99. The van der Waals surface area contributed by atoms with E-state index in [0.717, 1.165) is 19.3 Å². The summed E-state index contributed by atoms with van der Waals surface area (Å²) in [7, 11) is 0. The monoisotopic (exact) mass is 388 g/mol. The third kappa shape index (κ3) is 4.82. The number of hydrogen-bond donors (Lipinski definition) is 1. The van der Waals surface area contributed by atoms with Crippen molar-refractivity contribution in [3.8, 4) is 0 Å². The van der Waals surface area contributed by atoms with Gasteiger partial charge in [0.1, 0.15) is 11.3 Å². The molecule has 0 bridgehead atoms. The molecule has 2 heterocycles. The maximum atomic E-state index is 12.6. The lowest BCUT2D eigenvalue weighted by Crippen LogP contribution is -2.44. The van der Waals surface area contributed by atoms with Crippen LogP contribution in [-0.2, 0) is 11.3 Å². The fourth-order valence-electron chi connectivity index (χ4n) is 3.22. The van der Waals surface area contributed by atoms with Gasteiger partial charge in [-0.2, -0.15) is 5.10 Å². The molecule has 1 aromatic rings. The van der Waals surface area contributed by atoms with Crippen LogP contribution in [0.25, 0.3) is 5.57 Å². The van der Waals surface area contributed by atoms with Crippen LogP contribution in [0.2, 0.25) is 0 Å². The summed E-state index contributed by atoms with van der Waals surface area (Å²) in [5, 5.41) is 4.66. The molecule has 2 amide bonds. The zero-order valence-corrected chi connectivity index (χ0v) is 17.6. The number of nitrogens with two attached hydrogens (primary N) is 1. The Balaban J connectivity index is 2.44. The number of aromatic nitrogens is 2. The van der Waals surface area contributed by atoms with E-state index in [0.29, 0.717) is 29.1 Å². The minimum Gasteiger partial charge on any atom is -0.444 e. The highest BCUT2D eigenvalue weighted by Gasteiger charge is 2.35. The van der Waals surface area contributed by atoms with Crippen LogP contribution in [-0.4, -0.2) is 38.8 Å². The molecule has 7 heteroatoms. The van der Waals surface area contributed by atoms with Crippen molar-refractivity contribution in [3.05, 3.63) is 35.7 Å². The molecule has 1 atom stereocenters. The van der Waals surface area contributed by atoms with Gasteiger partial charge in [0.25, 0.3) is 5.91 Å². The number of allylic oxidation sites excluding steroid dienone is 3. The van der Waals surface area contributed by atoms with Crippen molar-refractivity contribution >= 4 is 17.6 Å². The summed E-state index contributed by atoms with van der Waals surface area (Å²) >= 11 is 0. The van der Waals surface area contributed by atoms with Gasteiger partial charge in [0.15, 0.2) is 0 Å². The van der Waals surface area contributed by atoms with Crippen molar-refractivity contribution < 1.29 is 14.3 Å². The van der Waals surface area contributed by atoms with E-state index in [9.17, 15) is 9.59 Å². The Labute approximate surface area is 167 Å². The van der Waals surface area contributed by atoms with E-state index in [2.05, 4.69) is 18.6 Å². The van der Waals surface area contributed by atoms with Gasteiger partial charge in [0, 0.05) is 6.54 Å². The summed E-state index contributed by atoms with van der Waals surface area (Å²) in [4.78, 5) is 26.5. The first-order valence-corrected chi connectivity index (χ1v) is 9.83. The van der Waals surface area contributed by atoms with E-state index >= 15 is 0 Å². The predicted octanol–water partition coefficient (Wildman–Crippen LogP) is 4.05. The summed E-state index contributed by atoms with van der Waals surface area (Å²) in [6, 6.07) is -0.0597. The van der Waals surface area contributed by atoms with Crippen LogP contribution >= 0.6 is 0 Å². The zero-order valence-electron chi connectivity index (χ0n) is 17.6. The number of carbonyl (C=O) groups is 2. The fraction of sp³-hybridized carbons (Fsp3) is 0.571. The van der Waals surface area contributed by atoms with Crippen molar-refractivity contribution in [3.63, 3.8) is 0 Å². The van der Waals surface area contributed by atoms with Gasteiger partial charge in [-0.25, -0.2) is 4.79 Å². The maximum absolute atomic E-state index is 12.6. The lowest BCUT2D eigenvalue weighted by molar-refractivity contribution is 0.0156. The van der Waals surface area contributed by atoms with Gasteiger partial charge < -0.3 is 15.4 Å². The number of rotatable bonds is 6. The van der Waals surface area contributed by atoms with Crippen molar-refractivity contribution in [2.75, 3.05) is 6.54 Å². The third-order valence-electron chi connectivity index (χ3n) is 4.58. The molecule has 0 radical (unpaired) electrons. The first kappa shape index (κ1) is 21.7. The van der Waals surface area contributed by atoms with Crippen molar-refractivity contribution in [1.29, 1.82) is 0 Å².